The molecule has 1 aromatic rings. The largest absolute Gasteiger partial charge is 0.317 e. The molecule has 21 heavy (non-hydrogen) atoms. The smallest absolute Gasteiger partial charge is 0.0319 e. The van der Waals surface area contributed by atoms with Crippen molar-refractivity contribution >= 4 is 0 Å². The summed E-state index contributed by atoms with van der Waals surface area (Å²) in [5.41, 5.74) is 2.94. The molecule has 1 atom stereocenters. The lowest BCUT2D eigenvalue weighted by atomic mass is 9.94. The lowest BCUT2D eigenvalue weighted by Crippen LogP contribution is -2.38. The maximum absolute atomic E-state index is 3.49. The van der Waals surface area contributed by atoms with Crippen LogP contribution >= 0.6 is 0 Å². The maximum atomic E-state index is 3.49. The van der Waals surface area contributed by atoms with E-state index < -0.39 is 0 Å². The van der Waals surface area contributed by atoms with E-state index >= 15 is 0 Å². The summed E-state index contributed by atoms with van der Waals surface area (Å²) in [6.07, 6.45) is 5.11. The van der Waals surface area contributed by atoms with Crippen LogP contribution in [-0.4, -0.2) is 31.1 Å². The molecule has 0 saturated carbocycles. The van der Waals surface area contributed by atoms with Gasteiger partial charge in [-0.15, -0.1) is 0 Å². The fraction of sp³-hybridized carbons (Fsp3) is 0.684. The zero-order valence-electron chi connectivity index (χ0n) is 14.1. The average molecular weight is 288 g/mol. The first kappa shape index (κ1) is 16.5. The molecule has 0 radical (unpaired) electrons. The Bertz CT molecular complexity index is 391. The van der Waals surface area contributed by atoms with E-state index in [0.29, 0.717) is 6.04 Å². The number of nitrogens with zero attached hydrogens (tertiary/aromatic N) is 1. The van der Waals surface area contributed by atoms with Crippen molar-refractivity contribution in [2.75, 3.05) is 26.2 Å². The number of hydrogen-bond donors (Lipinski definition) is 1. The first-order valence-electron chi connectivity index (χ1n) is 8.78. The third-order valence-corrected chi connectivity index (χ3v) is 4.88. The molecule has 0 bridgehead atoms. The normalized spacial score (nSPS) is 18.8. The number of piperidine rings is 1. The molecular formula is C19H32N2. The van der Waals surface area contributed by atoms with Gasteiger partial charge in [0.15, 0.2) is 0 Å². The maximum Gasteiger partial charge on any atom is 0.0319 e. The Morgan fingerprint density at radius 1 is 1.14 bits per heavy atom. The first-order chi connectivity index (χ1) is 10.2. The van der Waals surface area contributed by atoms with Gasteiger partial charge in [0, 0.05) is 6.04 Å². The van der Waals surface area contributed by atoms with Crippen molar-refractivity contribution in [1.82, 2.24) is 10.2 Å². The van der Waals surface area contributed by atoms with E-state index in [1.54, 1.807) is 0 Å². The summed E-state index contributed by atoms with van der Waals surface area (Å²) in [7, 11) is 0. The molecule has 0 aliphatic carbocycles. The predicted molar refractivity (Wildman–Crippen MR) is 91.7 cm³/mol. The molecule has 0 spiro atoms. The lowest BCUT2D eigenvalue weighted by molar-refractivity contribution is 0.140. The number of hydrogen-bond acceptors (Lipinski definition) is 2. The van der Waals surface area contributed by atoms with Crippen LogP contribution in [0.5, 0.6) is 0 Å². The molecule has 1 N–H and O–H groups in total. The predicted octanol–water partition coefficient (Wildman–Crippen LogP) is 4.02. The Hall–Kier alpha value is -0.860. The summed E-state index contributed by atoms with van der Waals surface area (Å²) in [5, 5.41) is 3.49. The molecule has 1 aromatic carbocycles. The second-order valence-electron chi connectivity index (χ2n) is 6.45. The van der Waals surface area contributed by atoms with Crippen LogP contribution in [0, 0.1) is 5.92 Å². The summed E-state index contributed by atoms with van der Waals surface area (Å²) in [6, 6.07) is 9.85. The van der Waals surface area contributed by atoms with Crippen LogP contribution in [0.25, 0.3) is 0 Å². The van der Waals surface area contributed by atoms with E-state index in [1.165, 1.54) is 56.4 Å². The van der Waals surface area contributed by atoms with E-state index in [9.17, 15) is 0 Å². The Morgan fingerprint density at radius 3 is 2.38 bits per heavy atom. The van der Waals surface area contributed by atoms with Crippen LogP contribution in [0.4, 0.5) is 0 Å². The third-order valence-electron chi connectivity index (χ3n) is 4.88. The summed E-state index contributed by atoms with van der Waals surface area (Å²) in [6.45, 7) is 11.6. The molecular weight excluding hydrogens is 256 g/mol. The van der Waals surface area contributed by atoms with Gasteiger partial charge in [0.1, 0.15) is 0 Å². The third kappa shape index (κ3) is 4.82. The van der Waals surface area contributed by atoms with Gasteiger partial charge in [0.05, 0.1) is 0 Å². The van der Waals surface area contributed by atoms with Crippen LogP contribution in [0.2, 0.25) is 0 Å². The zero-order valence-corrected chi connectivity index (χ0v) is 14.1. The Morgan fingerprint density at radius 2 is 1.81 bits per heavy atom. The summed E-state index contributed by atoms with van der Waals surface area (Å²) in [4.78, 5) is 2.65. The van der Waals surface area contributed by atoms with Crippen molar-refractivity contribution < 1.29 is 0 Å². The highest BCUT2D eigenvalue weighted by Gasteiger charge is 2.23. The van der Waals surface area contributed by atoms with Crippen molar-refractivity contribution in [1.29, 1.82) is 0 Å². The van der Waals surface area contributed by atoms with Gasteiger partial charge in [0.2, 0.25) is 0 Å². The lowest BCUT2D eigenvalue weighted by Gasteiger charge is -2.36. The van der Waals surface area contributed by atoms with Gasteiger partial charge in [-0.3, -0.25) is 4.90 Å². The summed E-state index contributed by atoms with van der Waals surface area (Å²) >= 11 is 0. The van der Waals surface area contributed by atoms with E-state index in [1.807, 2.05) is 0 Å². The minimum absolute atomic E-state index is 0.556. The van der Waals surface area contributed by atoms with Crippen molar-refractivity contribution in [3.8, 4) is 0 Å². The molecule has 0 amide bonds. The standard InChI is InChI=1S/C19H32N2/c1-4-6-17-7-9-19(10-8-17)16(3)21-13-11-18(12-14-21)15-20-5-2/h7-10,16,18,20H,4-6,11-15H2,1-3H3. The second-order valence-corrected chi connectivity index (χ2v) is 6.45. The number of aryl methyl sites for hydroxylation is 1. The molecule has 2 heteroatoms. The number of rotatable bonds is 7. The van der Waals surface area contributed by atoms with E-state index in [-0.39, 0.29) is 0 Å². The Balaban J connectivity index is 1.84. The van der Waals surface area contributed by atoms with Gasteiger partial charge in [-0.05, 0) is 69.4 Å². The van der Waals surface area contributed by atoms with Crippen LogP contribution in [-0.2, 0) is 6.42 Å². The SMILES string of the molecule is CCCc1ccc(C(C)N2CCC(CNCC)CC2)cc1. The first-order valence-corrected chi connectivity index (χ1v) is 8.78. The highest BCUT2D eigenvalue weighted by atomic mass is 15.2. The monoisotopic (exact) mass is 288 g/mol. The van der Waals surface area contributed by atoms with Crippen LogP contribution in [0.3, 0.4) is 0 Å². The highest BCUT2D eigenvalue weighted by Crippen LogP contribution is 2.26. The van der Waals surface area contributed by atoms with Crippen molar-refractivity contribution in [3.05, 3.63) is 35.4 Å². The van der Waals surface area contributed by atoms with Crippen LogP contribution in [0.1, 0.15) is 57.2 Å². The number of likely N-dealkylation sites (tertiary alicyclic amines) is 1. The van der Waals surface area contributed by atoms with Crippen molar-refractivity contribution in [3.63, 3.8) is 0 Å². The van der Waals surface area contributed by atoms with E-state index in [2.05, 4.69) is 55.3 Å². The number of benzene rings is 1. The van der Waals surface area contributed by atoms with E-state index in [0.717, 1.165) is 12.5 Å². The Kier molecular flexibility index (Phi) is 6.72. The van der Waals surface area contributed by atoms with E-state index in [4.69, 9.17) is 0 Å². The molecule has 1 saturated heterocycles. The molecule has 0 aromatic heterocycles. The van der Waals surface area contributed by atoms with Gasteiger partial charge in [-0.2, -0.15) is 0 Å². The fourth-order valence-electron chi connectivity index (χ4n) is 3.36. The number of nitrogens with one attached hydrogen (secondary N) is 1. The zero-order chi connectivity index (χ0) is 15.1. The highest BCUT2D eigenvalue weighted by molar-refractivity contribution is 5.25. The summed E-state index contributed by atoms with van der Waals surface area (Å²) < 4.78 is 0. The minimum atomic E-state index is 0.556. The van der Waals surface area contributed by atoms with Crippen LogP contribution in [0.15, 0.2) is 24.3 Å². The minimum Gasteiger partial charge on any atom is -0.317 e. The summed E-state index contributed by atoms with van der Waals surface area (Å²) in [5.74, 6) is 0.875. The second kappa shape index (κ2) is 8.55. The quantitative estimate of drug-likeness (QED) is 0.815. The molecule has 118 valence electrons. The molecule has 2 rings (SSSR count). The van der Waals surface area contributed by atoms with Gasteiger partial charge < -0.3 is 5.32 Å². The van der Waals surface area contributed by atoms with Crippen LogP contribution < -0.4 is 5.32 Å². The van der Waals surface area contributed by atoms with Gasteiger partial charge in [-0.1, -0.05) is 44.5 Å². The van der Waals surface area contributed by atoms with Crippen molar-refractivity contribution in [2.45, 2.75) is 52.5 Å². The topological polar surface area (TPSA) is 15.3 Å². The van der Waals surface area contributed by atoms with Crippen molar-refractivity contribution in [2.24, 2.45) is 5.92 Å². The molecule has 1 aliphatic rings. The van der Waals surface area contributed by atoms with Gasteiger partial charge >= 0.3 is 0 Å². The molecule has 1 unspecified atom stereocenters. The molecule has 1 aliphatic heterocycles. The molecule has 1 fully saturated rings. The van der Waals surface area contributed by atoms with Gasteiger partial charge in [0.25, 0.3) is 0 Å². The average Bonchev–Trinajstić information content (AvgIpc) is 2.54. The fourth-order valence-corrected chi connectivity index (χ4v) is 3.36. The Labute approximate surface area is 130 Å². The van der Waals surface area contributed by atoms with Gasteiger partial charge in [-0.25, -0.2) is 0 Å². The molecule has 1 heterocycles. The molecule has 2 nitrogen and oxygen atoms in total.